The Morgan fingerprint density at radius 1 is 1.47 bits per heavy atom. The largest absolute Gasteiger partial charge is 0.506 e. The van der Waals surface area contributed by atoms with Crippen LogP contribution in [0.25, 0.3) is 0 Å². The molecule has 0 aliphatic carbocycles. The van der Waals surface area contributed by atoms with E-state index in [0.29, 0.717) is 0 Å². The Morgan fingerprint density at radius 3 is 2.63 bits per heavy atom. The zero-order valence-electron chi connectivity index (χ0n) is 9.10. The highest BCUT2D eigenvalue weighted by molar-refractivity contribution is 5.87. The van der Waals surface area contributed by atoms with Crippen molar-refractivity contribution in [3.8, 4) is 5.75 Å². The van der Waals surface area contributed by atoms with Gasteiger partial charge in [0.2, 0.25) is 0 Å². The number of ether oxygens (including phenoxy) is 1. The van der Waals surface area contributed by atoms with Gasteiger partial charge in [-0.15, -0.1) is 0 Å². The van der Waals surface area contributed by atoms with Gasteiger partial charge in [-0.3, -0.25) is 15.4 Å². The summed E-state index contributed by atoms with van der Waals surface area (Å²) in [4.78, 5) is 20.6. The molecule has 0 atom stereocenters. The molecule has 1 aromatic rings. The lowest BCUT2D eigenvalue weighted by Crippen LogP contribution is -2.23. The number of nitro groups is 1. The third-order valence-corrected chi connectivity index (χ3v) is 1.79. The maximum Gasteiger partial charge on any atom is 0.422 e. The van der Waals surface area contributed by atoms with E-state index in [4.69, 9.17) is 0 Å². The number of amides is 1. The van der Waals surface area contributed by atoms with E-state index < -0.39 is 40.9 Å². The Hall–Kier alpha value is -2.52. The van der Waals surface area contributed by atoms with Crippen LogP contribution in [0.5, 0.6) is 5.75 Å². The first-order valence-electron chi connectivity index (χ1n) is 4.67. The Bertz CT molecular complexity index is 503. The first kappa shape index (κ1) is 14.5. The van der Waals surface area contributed by atoms with Gasteiger partial charge in [-0.25, -0.2) is 4.79 Å². The number of carbonyl (C=O) groups is 1. The second kappa shape index (κ2) is 5.42. The Labute approximate surface area is 103 Å². The number of nitrogens with one attached hydrogen (secondary N) is 1. The molecule has 1 rings (SSSR count). The molecule has 0 saturated carbocycles. The summed E-state index contributed by atoms with van der Waals surface area (Å²) in [7, 11) is 0. The minimum absolute atomic E-state index is 0.429. The molecule has 0 fully saturated rings. The van der Waals surface area contributed by atoms with Gasteiger partial charge in [-0.1, -0.05) is 0 Å². The molecule has 0 unspecified atom stereocenters. The van der Waals surface area contributed by atoms with Crippen LogP contribution in [0, 0.1) is 10.1 Å². The van der Waals surface area contributed by atoms with Gasteiger partial charge in [0.05, 0.1) is 10.6 Å². The van der Waals surface area contributed by atoms with Crippen molar-refractivity contribution >= 4 is 17.5 Å². The van der Waals surface area contributed by atoms with E-state index in [9.17, 15) is 33.2 Å². The molecule has 19 heavy (non-hydrogen) atoms. The van der Waals surface area contributed by atoms with Crippen LogP contribution in [0.15, 0.2) is 18.2 Å². The molecule has 0 radical (unpaired) electrons. The van der Waals surface area contributed by atoms with Gasteiger partial charge < -0.3 is 9.84 Å². The minimum atomic E-state index is -4.69. The molecule has 1 amide bonds. The molecule has 10 heteroatoms. The number of anilines is 1. The topological polar surface area (TPSA) is 102 Å². The maximum atomic E-state index is 11.8. The van der Waals surface area contributed by atoms with E-state index >= 15 is 0 Å². The molecule has 0 heterocycles. The second-order valence-corrected chi connectivity index (χ2v) is 3.27. The van der Waals surface area contributed by atoms with Crippen molar-refractivity contribution in [2.45, 2.75) is 6.18 Å². The molecule has 0 aliphatic rings. The zero-order chi connectivity index (χ0) is 14.6. The fourth-order valence-electron chi connectivity index (χ4n) is 1.03. The number of nitro benzene ring substituents is 1. The Balaban J connectivity index is 2.73. The standard InChI is InChI=1S/C9H7F3N2O5/c10-9(11,12)4-19-8(16)13-6-3-5(14(17)18)1-2-7(6)15/h1-3,15H,4H2,(H,13,16). The average molecular weight is 280 g/mol. The molecular weight excluding hydrogens is 273 g/mol. The fraction of sp³-hybridized carbons (Fsp3) is 0.222. The summed E-state index contributed by atoms with van der Waals surface area (Å²) in [5.74, 6) is -0.547. The Kier molecular flexibility index (Phi) is 4.14. The van der Waals surface area contributed by atoms with E-state index in [1.165, 1.54) is 0 Å². The molecule has 0 aliphatic heterocycles. The van der Waals surface area contributed by atoms with Crippen LogP contribution in [0.2, 0.25) is 0 Å². The lowest BCUT2D eigenvalue weighted by Gasteiger charge is -2.09. The number of carbonyl (C=O) groups excluding carboxylic acids is 1. The third-order valence-electron chi connectivity index (χ3n) is 1.79. The number of phenols is 1. The van der Waals surface area contributed by atoms with Crippen LogP contribution in [-0.2, 0) is 4.74 Å². The molecule has 104 valence electrons. The predicted molar refractivity (Wildman–Crippen MR) is 55.8 cm³/mol. The molecule has 0 bridgehead atoms. The number of alkyl halides is 3. The summed E-state index contributed by atoms with van der Waals surface area (Å²) in [5.41, 5.74) is -0.884. The van der Waals surface area contributed by atoms with Gasteiger partial charge in [0.15, 0.2) is 6.61 Å². The molecule has 0 saturated heterocycles. The van der Waals surface area contributed by atoms with E-state index in [1.807, 2.05) is 0 Å². The van der Waals surface area contributed by atoms with Gasteiger partial charge in [-0.2, -0.15) is 13.2 Å². The fourth-order valence-corrected chi connectivity index (χ4v) is 1.03. The van der Waals surface area contributed by atoms with E-state index in [-0.39, 0.29) is 0 Å². The average Bonchev–Trinajstić information content (AvgIpc) is 2.28. The van der Waals surface area contributed by atoms with E-state index in [0.717, 1.165) is 18.2 Å². The smallest absolute Gasteiger partial charge is 0.422 e. The van der Waals surface area contributed by atoms with Gasteiger partial charge in [0.1, 0.15) is 5.75 Å². The highest BCUT2D eigenvalue weighted by Gasteiger charge is 2.29. The van der Waals surface area contributed by atoms with Crippen LogP contribution in [0.4, 0.5) is 29.3 Å². The second-order valence-electron chi connectivity index (χ2n) is 3.27. The Morgan fingerprint density at radius 2 is 2.11 bits per heavy atom. The normalized spacial score (nSPS) is 10.9. The summed E-state index contributed by atoms with van der Waals surface area (Å²) < 4.78 is 39.1. The van der Waals surface area contributed by atoms with E-state index in [1.54, 1.807) is 5.32 Å². The van der Waals surface area contributed by atoms with Crippen molar-refractivity contribution in [1.29, 1.82) is 0 Å². The summed E-state index contributed by atoms with van der Waals surface area (Å²) in [6.07, 6.45) is -6.18. The number of hydrogen-bond acceptors (Lipinski definition) is 5. The number of aromatic hydroxyl groups is 1. The van der Waals surface area contributed by atoms with Crippen molar-refractivity contribution in [2.75, 3.05) is 11.9 Å². The lowest BCUT2D eigenvalue weighted by atomic mass is 10.2. The van der Waals surface area contributed by atoms with Crippen molar-refractivity contribution in [3.05, 3.63) is 28.3 Å². The summed E-state index contributed by atoms with van der Waals surface area (Å²) in [6.45, 7) is -1.81. The van der Waals surface area contributed by atoms with Crippen molar-refractivity contribution in [2.24, 2.45) is 0 Å². The zero-order valence-corrected chi connectivity index (χ0v) is 9.10. The molecular formula is C9H7F3N2O5. The number of benzene rings is 1. The summed E-state index contributed by atoms with van der Waals surface area (Å²) in [6, 6.07) is 2.66. The van der Waals surface area contributed by atoms with Crippen LogP contribution < -0.4 is 5.32 Å². The first-order valence-corrected chi connectivity index (χ1v) is 4.67. The van der Waals surface area contributed by atoms with Crippen LogP contribution >= 0.6 is 0 Å². The molecule has 0 spiro atoms. The van der Waals surface area contributed by atoms with Gasteiger partial charge >= 0.3 is 12.3 Å². The lowest BCUT2D eigenvalue weighted by molar-refractivity contribution is -0.384. The molecule has 2 N–H and O–H groups in total. The van der Waals surface area contributed by atoms with Crippen molar-refractivity contribution in [1.82, 2.24) is 0 Å². The van der Waals surface area contributed by atoms with Crippen molar-refractivity contribution < 1.29 is 32.7 Å². The first-order chi connectivity index (χ1) is 8.69. The number of non-ortho nitro benzene ring substituents is 1. The summed E-state index contributed by atoms with van der Waals surface area (Å²) >= 11 is 0. The van der Waals surface area contributed by atoms with Crippen LogP contribution in [-0.4, -0.2) is 28.9 Å². The molecule has 7 nitrogen and oxygen atoms in total. The van der Waals surface area contributed by atoms with Gasteiger partial charge in [0, 0.05) is 12.1 Å². The highest BCUT2D eigenvalue weighted by atomic mass is 19.4. The number of rotatable bonds is 3. The minimum Gasteiger partial charge on any atom is -0.506 e. The number of nitrogens with zero attached hydrogens (tertiary/aromatic N) is 1. The van der Waals surface area contributed by atoms with E-state index in [2.05, 4.69) is 4.74 Å². The highest BCUT2D eigenvalue weighted by Crippen LogP contribution is 2.28. The molecule has 0 aromatic heterocycles. The SMILES string of the molecule is O=C(Nc1cc([N+](=O)[O-])ccc1O)OCC(F)(F)F. The maximum absolute atomic E-state index is 11.8. The predicted octanol–water partition coefficient (Wildman–Crippen LogP) is 2.41. The van der Waals surface area contributed by atoms with Gasteiger partial charge in [0.25, 0.3) is 5.69 Å². The number of phenolic OH excluding ortho intramolecular Hbond substituents is 1. The molecule has 1 aromatic carbocycles. The summed E-state index contributed by atoms with van der Waals surface area (Å²) in [5, 5.41) is 21.5. The number of halogens is 3. The number of hydrogen-bond donors (Lipinski definition) is 2. The van der Waals surface area contributed by atoms with Crippen molar-refractivity contribution in [3.63, 3.8) is 0 Å². The third kappa shape index (κ3) is 4.69. The van der Waals surface area contributed by atoms with Gasteiger partial charge in [-0.05, 0) is 6.07 Å². The monoisotopic (exact) mass is 280 g/mol. The quantitative estimate of drug-likeness (QED) is 0.503. The van der Waals surface area contributed by atoms with Crippen LogP contribution in [0.3, 0.4) is 0 Å². The van der Waals surface area contributed by atoms with Crippen LogP contribution in [0.1, 0.15) is 0 Å².